The Balaban J connectivity index is 2.00. The SMILES string of the molecule is CCN(C)CCNC(=O)CCC1CCCNC1. The number of likely N-dealkylation sites (N-methyl/N-ethyl adjacent to an activating group) is 1. The largest absolute Gasteiger partial charge is 0.355 e. The van der Waals surface area contributed by atoms with E-state index >= 15 is 0 Å². The monoisotopic (exact) mass is 241 g/mol. The Kier molecular flexibility index (Phi) is 7.21. The number of carbonyl (C=O) groups is 1. The molecule has 2 N–H and O–H groups in total. The van der Waals surface area contributed by atoms with Crippen LogP contribution in [0, 0.1) is 5.92 Å². The molecule has 0 spiro atoms. The molecule has 0 radical (unpaired) electrons. The van der Waals surface area contributed by atoms with E-state index in [-0.39, 0.29) is 5.91 Å². The van der Waals surface area contributed by atoms with E-state index in [1.54, 1.807) is 0 Å². The molecule has 17 heavy (non-hydrogen) atoms. The van der Waals surface area contributed by atoms with E-state index in [4.69, 9.17) is 0 Å². The number of nitrogens with zero attached hydrogens (tertiary/aromatic N) is 1. The third-order valence-corrected chi connectivity index (χ3v) is 3.53. The molecule has 1 heterocycles. The summed E-state index contributed by atoms with van der Waals surface area (Å²) >= 11 is 0. The quantitative estimate of drug-likeness (QED) is 0.694. The molecule has 4 nitrogen and oxygen atoms in total. The highest BCUT2D eigenvalue weighted by Gasteiger charge is 2.14. The van der Waals surface area contributed by atoms with Crippen molar-refractivity contribution in [3.8, 4) is 0 Å². The van der Waals surface area contributed by atoms with E-state index in [1.807, 2.05) is 0 Å². The molecule has 100 valence electrons. The average Bonchev–Trinajstić information content (AvgIpc) is 2.37. The van der Waals surface area contributed by atoms with Crippen molar-refractivity contribution in [3.63, 3.8) is 0 Å². The van der Waals surface area contributed by atoms with Crippen LogP contribution in [0.1, 0.15) is 32.6 Å². The standard InChI is InChI=1S/C13H27N3O/c1-3-16(2)10-9-15-13(17)7-6-12-5-4-8-14-11-12/h12,14H,3-11H2,1-2H3,(H,15,17). The zero-order valence-corrected chi connectivity index (χ0v) is 11.3. The van der Waals surface area contributed by atoms with E-state index < -0.39 is 0 Å². The van der Waals surface area contributed by atoms with E-state index in [9.17, 15) is 4.79 Å². The molecule has 0 aromatic rings. The van der Waals surface area contributed by atoms with Crippen molar-refractivity contribution in [1.82, 2.24) is 15.5 Å². The van der Waals surface area contributed by atoms with Crippen LogP contribution in [-0.2, 0) is 4.79 Å². The first-order valence-corrected chi connectivity index (χ1v) is 6.88. The van der Waals surface area contributed by atoms with Gasteiger partial charge in [-0.05, 0) is 51.9 Å². The van der Waals surface area contributed by atoms with Crippen molar-refractivity contribution in [3.05, 3.63) is 0 Å². The van der Waals surface area contributed by atoms with Crippen LogP contribution < -0.4 is 10.6 Å². The summed E-state index contributed by atoms with van der Waals surface area (Å²) in [6.45, 7) is 7.10. The second-order valence-electron chi connectivity index (χ2n) is 5.00. The van der Waals surface area contributed by atoms with Gasteiger partial charge in [0.15, 0.2) is 0 Å². The van der Waals surface area contributed by atoms with Gasteiger partial charge in [-0.3, -0.25) is 4.79 Å². The van der Waals surface area contributed by atoms with Crippen LogP contribution in [0.3, 0.4) is 0 Å². The fourth-order valence-electron chi connectivity index (χ4n) is 2.14. The highest BCUT2D eigenvalue weighted by atomic mass is 16.1. The molecule has 0 aliphatic carbocycles. The van der Waals surface area contributed by atoms with E-state index in [1.165, 1.54) is 12.8 Å². The smallest absolute Gasteiger partial charge is 0.220 e. The summed E-state index contributed by atoms with van der Waals surface area (Å²) < 4.78 is 0. The van der Waals surface area contributed by atoms with Gasteiger partial charge in [0.25, 0.3) is 0 Å². The van der Waals surface area contributed by atoms with Crippen LogP contribution >= 0.6 is 0 Å². The lowest BCUT2D eigenvalue weighted by molar-refractivity contribution is -0.121. The Bertz CT molecular complexity index is 215. The maximum Gasteiger partial charge on any atom is 0.220 e. The summed E-state index contributed by atoms with van der Waals surface area (Å²) in [7, 11) is 2.07. The number of hydrogen-bond acceptors (Lipinski definition) is 3. The highest BCUT2D eigenvalue weighted by molar-refractivity contribution is 5.75. The second kappa shape index (κ2) is 8.48. The average molecular weight is 241 g/mol. The topological polar surface area (TPSA) is 44.4 Å². The molecule has 1 aliphatic rings. The summed E-state index contributed by atoms with van der Waals surface area (Å²) in [6, 6.07) is 0. The maximum absolute atomic E-state index is 11.6. The molecule has 1 fully saturated rings. The Morgan fingerprint density at radius 2 is 2.35 bits per heavy atom. The zero-order chi connectivity index (χ0) is 12.5. The molecule has 1 rings (SSSR count). The molecule has 1 saturated heterocycles. The molecule has 4 heteroatoms. The number of rotatable bonds is 7. The van der Waals surface area contributed by atoms with Crippen molar-refractivity contribution in [2.75, 3.05) is 39.8 Å². The van der Waals surface area contributed by atoms with E-state index in [0.717, 1.165) is 39.1 Å². The molecule has 1 aliphatic heterocycles. The minimum atomic E-state index is 0.208. The van der Waals surface area contributed by atoms with Gasteiger partial charge in [0.1, 0.15) is 0 Å². The number of amides is 1. The molecule has 1 unspecified atom stereocenters. The van der Waals surface area contributed by atoms with Crippen molar-refractivity contribution >= 4 is 5.91 Å². The summed E-state index contributed by atoms with van der Waals surface area (Å²) in [5.74, 6) is 0.910. The van der Waals surface area contributed by atoms with Crippen LogP contribution in [0.15, 0.2) is 0 Å². The minimum absolute atomic E-state index is 0.208. The number of hydrogen-bond donors (Lipinski definition) is 2. The summed E-state index contributed by atoms with van der Waals surface area (Å²) in [5.41, 5.74) is 0. The molecule has 1 amide bonds. The molecule has 0 bridgehead atoms. The lowest BCUT2D eigenvalue weighted by Gasteiger charge is -2.22. The Labute approximate surface area is 105 Å². The van der Waals surface area contributed by atoms with Gasteiger partial charge in [0.05, 0.1) is 0 Å². The first-order chi connectivity index (χ1) is 8.22. The predicted octanol–water partition coefficient (Wildman–Crippen LogP) is 0.834. The molecule has 0 aromatic heterocycles. The minimum Gasteiger partial charge on any atom is -0.355 e. The first-order valence-electron chi connectivity index (χ1n) is 6.88. The predicted molar refractivity (Wildman–Crippen MR) is 71.0 cm³/mol. The van der Waals surface area contributed by atoms with Crippen LogP contribution in [0.2, 0.25) is 0 Å². The Morgan fingerprint density at radius 1 is 1.53 bits per heavy atom. The van der Waals surface area contributed by atoms with Crippen molar-refractivity contribution in [1.29, 1.82) is 0 Å². The van der Waals surface area contributed by atoms with Gasteiger partial charge in [-0.1, -0.05) is 6.92 Å². The lowest BCUT2D eigenvalue weighted by Crippen LogP contribution is -2.34. The Morgan fingerprint density at radius 3 is 3.00 bits per heavy atom. The van der Waals surface area contributed by atoms with E-state index in [2.05, 4.69) is 29.5 Å². The van der Waals surface area contributed by atoms with Crippen LogP contribution in [-0.4, -0.2) is 50.6 Å². The Hall–Kier alpha value is -0.610. The zero-order valence-electron chi connectivity index (χ0n) is 11.3. The fourth-order valence-corrected chi connectivity index (χ4v) is 2.14. The van der Waals surface area contributed by atoms with Gasteiger partial charge in [-0.15, -0.1) is 0 Å². The first kappa shape index (κ1) is 14.5. The van der Waals surface area contributed by atoms with Crippen LogP contribution in [0.4, 0.5) is 0 Å². The molecule has 1 atom stereocenters. The molecular formula is C13H27N3O. The van der Waals surface area contributed by atoms with Gasteiger partial charge in [-0.2, -0.15) is 0 Å². The maximum atomic E-state index is 11.6. The third kappa shape index (κ3) is 6.64. The van der Waals surface area contributed by atoms with Crippen molar-refractivity contribution < 1.29 is 4.79 Å². The summed E-state index contributed by atoms with van der Waals surface area (Å²) in [5, 5.41) is 6.37. The van der Waals surface area contributed by atoms with Crippen molar-refractivity contribution in [2.45, 2.75) is 32.6 Å². The molecular weight excluding hydrogens is 214 g/mol. The molecule has 0 aromatic carbocycles. The number of piperidine rings is 1. The highest BCUT2D eigenvalue weighted by Crippen LogP contribution is 2.15. The summed E-state index contributed by atoms with van der Waals surface area (Å²) in [6.07, 6.45) is 4.25. The van der Waals surface area contributed by atoms with E-state index in [0.29, 0.717) is 12.3 Å². The number of nitrogens with one attached hydrogen (secondary N) is 2. The van der Waals surface area contributed by atoms with Gasteiger partial charge in [0, 0.05) is 19.5 Å². The van der Waals surface area contributed by atoms with Gasteiger partial charge >= 0.3 is 0 Å². The normalized spacial score (nSPS) is 20.5. The van der Waals surface area contributed by atoms with Crippen LogP contribution in [0.25, 0.3) is 0 Å². The second-order valence-corrected chi connectivity index (χ2v) is 5.00. The van der Waals surface area contributed by atoms with Gasteiger partial charge in [0.2, 0.25) is 5.91 Å². The number of carbonyl (C=O) groups excluding carboxylic acids is 1. The van der Waals surface area contributed by atoms with Gasteiger partial charge < -0.3 is 15.5 Å². The molecule has 0 saturated carbocycles. The summed E-state index contributed by atoms with van der Waals surface area (Å²) in [4.78, 5) is 13.8. The van der Waals surface area contributed by atoms with Crippen LogP contribution in [0.5, 0.6) is 0 Å². The van der Waals surface area contributed by atoms with Crippen molar-refractivity contribution in [2.24, 2.45) is 5.92 Å². The van der Waals surface area contributed by atoms with Gasteiger partial charge in [-0.25, -0.2) is 0 Å². The third-order valence-electron chi connectivity index (χ3n) is 3.53. The lowest BCUT2D eigenvalue weighted by atomic mass is 9.94. The fraction of sp³-hybridized carbons (Fsp3) is 0.923.